The topological polar surface area (TPSA) is 78.4 Å². The van der Waals surface area contributed by atoms with Crippen LogP contribution in [0, 0.1) is 6.92 Å². The number of carbonyl (C=O) groups excluding carboxylic acids is 2. The van der Waals surface area contributed by atoms with E-state index in [4.69, 9.17) is 0 Å². The Morgan fingerprint density at radius 1 is 1.08 bits per heavy atom. The quantitative estimate of drug-likeness (QED) is 0.733. The number of hydrogen-bond acceptors (Lipinski definition) is 3. The summed E-state index contributed by atoms with van der Waals surface area (Å²) in [6, 6.07) is 12.1. The first-order valence-electron chi connectivity index (χ1n) is 7.50. The summed E-state index contributed by atoms with van der Waals surface area (Å²) >= 11 is 3.33. The predicted octanol–water partition coefficient (Wildman–Crippen LogP) is 3.12. The number of rotatable bonds is 5. The highest BCUT2D eigenvalue weighted by Gasteiger charge is 2.12. The molecule has 3 N–H and O–H groups in total. The smallest absolute Gasteiger partial charge is 0.255 e. The van der Waals surface area contributed by atoms with Gasteiger partial charge in [-0.05, 0) is 55.8 Å². The van der Waals surface area contributed by atoms with Crippen molar-refractivity contribution in [2.45, 2.75) is 20.0 Å². The molecule has 0 aliphatic carbocycles. The Morgan fingerprint density at radius 3 is 2.33 bits per heavy atom. The molecule has 0 heterocycles. The van der Waals surface area contributed by atoms with Crippen LogP contribution in [0.2, 0.25) is 0 Å². The van der Waals surface area contributed by atoms with E-state index in [2.05, 4.69) is 26.6 Å². The minimum atomic E-state index is -0.615. The number of aliphatic hydroxyl groups is 1. The summed E-state index contributed by atoms with van der Waals surface area (Å²) in [7, 11) is 0. The lowest BCUT2D eigenvalue weighted by molar-refractivity contribution is 0.0923. The van der Waals surface area contributed by atoms with Gasteiger partial charge in [-0.2, -0.15) is 0 Å². The van der Waals surface area contributed by atoms with Crippen LogP contribution in [0.15, 0.2) is 46.9 Å². The average Bonchev–Trinajstić information content (AvgIpc) is 2.55. The van der Waals surface area contributed by atoms with E-state index in [0.717, 1.165) is 10.0 Å². The zero-order valence-corrected chi connectivity index (χ0v) is 15.1. The number of nitrogens with one attached hydrogen (secondary N) is 2. The van der Waals surface area contributed by atoms with Gasteiger partial charge in [0.2, 0.25) is 0 Å². The molecular formula is C18H19BrN2O3. The molecule has 0 fully saturated rings. The SMILES string of the molecule is Cc1ccc(C(=O)NCC(C)O)cc1NC(=O)c1ccc(Br)cc1. The maximum absolute atomic E-state index is 12.3. The van der Waals surface area contributed by atoms with E-state index >= 15 is 0 Å². The fourth-order valence-electron chi connectivity index (χ4n) is 2.04. The summed E-state index contributed by atoms with van der Waals surface area (Å²) in [4.78, 5) is 24.4. The molecule has 0 aromatic heterocycles. The minimum Gasteiger partial charge on any atom is -0.392 e. The molecular weight excluding hydrogens is 372 g/mol. The van der Waals surface area contributed by atoms with Gasteiger partial charge in [-0.3, -0.25) is 9.59 Å². The predicted molar refractivity (Wildman–Crippen MR) is 97.3 cm³/mol. The normalized spacial score (nSPS) is 11.7. The second-order valence-electron chi connectivity index (χ2n) is 5.55. The van der Waals surface area contributed by atoms with Crippen LogP contribution in [0.4, 0.5) is 5.69 Å². The third-order valence-electron chi connectivity index (χ3n) is 3.41. The van der Waals surface area contributed by atoms with Gasteiger partial charge >= 0.3 is 0 Å². The molecule has 0 spiro atoms. The molecule has 1 atom stereocenters. The number of hydrogen-bond donors (Lipinski definition) is 3. The molecule has 0 bridgehead atoms. The molecule has 5 nitrogen and oxygen atoms in total. The number of aryl methyl sites for hydroxylation is 1. The van der Waals surface area contributed by atoms with Crippen molar-refractivity contribution < 1.29 is 14.7 Å². The van der Waals surface area contributed by atoms with Gasteiger partial charge in [0.1, 0.15) is 0 Å². The minimum absolute atomic E-state index is 0.174. The number of anilines is 1. The van der Waals surface area contributed by atoms with E-state index in [9.17, 15) is 14.7 Å². The molecule has 126 valence electrons. The number of aliphatic hydroxyl groups excluding tert-OH is 1. The zero-order chi connectivity index (χ0) is 17.7. The molecule has 0 radical (unpaired) electrons. The summed E-state index contributed by atoms with van der Waals surface area (Å²) in [6.07, 6.45) is -0.615. The summed E-state index contributed by atoms with van der Waals surface area (Å²) in [5.41, 5.74) is 2.38. The van der Waals surface area contributed by atoms with E-state index in [1.807, 2.05) is 6.92 Å². The fraction of sp³-hybridized carbons (Fsp3) is 0.222. The number of halogens is 1. The summed E-state index contributed by atoms with van der Waals surface area (Å²) < 4.78 is 0.895. The van der Waals surface area contributed by atoms with Crippen LogP contribution in [0.5, 0.6) is 0 Å². The Kier molecular flexibility index (Phi) is 6.11. The van der Waals surface area contributed by atoms with Crippen LogP contribution in [-0.2, 0) is 0 Å². The van der Waals surface area contributed by atoms with E-state index in [1.54, 1.807) is 49.4 Å². The maximum Gasteiger partial charge on any atom is 0.255 e. The van der Waals surface area contributed by atoms with Gasteiger partial charge in [0.15, 0.2) is 0 Å². The monoisotopic (exact) mass is 390 g/mol. The van der Waals surface area contributed by atoms with Crippen LogP contribution < -0.4 is 10.6 Å². The van der Waals surface area contributed by atoms with Gasteiger partial charge in [-0.25, -0.2) is 0 Å². The van der Waals surface area contributed by atoms with Crippen molar-refractivity contribution in [3.63, 3.8) is 0 Å². The molecule has 2 rings (SSSR count). The van der Waals surface area contributed by atoms with Gasteiger partial charge in [-0.1, -0.05) is 22.0 Å². The first kappa shape index (κ1) is 18.2. The lowest BCUT2D eigenvalue weighted by Gasteiger charge is -2.12. The standard InChI is InChI=1S/C18H19BrN2O3/c1-11-3-4-14(17(23)20-10-12(2)22)9-16(11)21-18(24)13-5-7-15(19)8-6-13/h3-9,12,22H,10H2,1-2H3,(H,20,23)(H,21,24). The summed E-state index contributed by atoms with van der Waals surface area (Å²) in [5.74, 6) is -0.540. The number of benzene rings is 2. The fourth-order valence-corrected chi connectivity index (χ4v) is 2.30. The van der Waals surface area contributed by atoms with Crippen LogP contribution in [0.25, 0.3) is 0 Å². The highest BCUT2D eigenvalue weighted by Crippen LogP contribution is 2.19. The van der Waals surface area contributed by atoms with Gasteiger partial charge in [0.25, 0.3) is 11.8 Å². The summed E-state index contributed by atoms with van der Waals surface area (Å²) in [6.45, 7) is 3.63. The van der Waals surface area contributed by atoms with Crippen LogP contribution in [-0.4, -0.2) is 29.6 Å². The number of carbonyl (C=O) groups is 2. The molecule has 0 saturated carbocycles. The van der Waals surface area contributed by atoms with E-state index < -0.39 is 6.10 Å². The average molecular weight is 391 g/mol. The second-order valence-corrected chi connectivity index (χ2v) is 6.47. The van der Waals surface area contributed by atoms with Crippen molar-refractivity contribution >= 4 is 33.4 Å². The zero-order valence-electron chi connectivity index (χ0n) is 13.5. The van der Waals surface area contributed by atoms with Gasteiger partial charge in [0, 0.05) is 27.8 Å². The van der Waals surface area contributed by atoms with Crippen LogP contribution >= 0.6 is 15.9 Å². The first-order valence-corrected chi connectivity index (χ1v) is 8.30. The second kappa shape index (κ2) is 8.08. The molecule has 24 heavy (non-hydrogen) atoms. The van der Waals surface area contributed by atoms with Crippen molar-refractivity contribution in [3.8, 4) is 0 Å². The lowest BCUT2D eigenvalue weighted by Crippen LogP contribution is -2.30. The lowest BCUT2D eigenvalue weighted by atomic mass is 10.1. The molecule has 2 amide bonds. The van der Waals surface area contributed by atoms with Crippen LogP contribution in [0.3, 0.4) is 0 Å². The molecule has 2 aromatic rings. The summed E-state index contributed by atoms with van der Waals surface area (Å²) in [5, 5.41) is 14.7. The highest BCUT2D eigenvalue weighted by molar-refractivity contribution is 9.10. The Bertz CT molecular complexity index is 742. The molecule has 0 aliphatic rings. The van der Waals surface area contributed by atoms with Gasteiger partial charge < -0.3 is 15.7 Å². The molecule has 2 aromatic carbocycles. The third kappa shape index (κ3) is 4.91. The van der Waals surface area contributed by atoms with Crippen LogP contribution in [0.1, 0.15) is 33.2 Å². The molecule has 6 heteroatoms. The Morgan fingerprint density at radius 2 is 1.71 bits per heavy atom. The van der Waals surface area contributed by atoms with Crippen molar-refractivity contribution in [2.24, 2.45) is 0 Å². The Balaban J connectivity index is 2.15. The van der Waals surface area contributed by atoms with Crippen molar-refractivity contribution in [3.05, 3.63) is 63.6 Å². The maximum atomic E-state index is 12.3. The van der Waals surface area contributed by atoms with E-state index in [1.165, 1.54) is 0 Å². The molecule has 1 unspecified atom stereocenters. The highest BCUT2D eigenvalue weighted by atomic mass is 79.9. The number of amides is 2. The van der Waals surface area contributed by atoms with Crippen molar-refractivity contribution in [1.82, 2.24) is 5.32 Å². The Hall–Kier alpha value is -2.18. The largest absolute Gasteiger partial charge is 0.392 e. The third-order valence-corrected chi connectivity index (χ3v) is 3.94. The van der Waals surface area contributed by atoms with Gasteiger partial charge in [-0.15, -0.1) is 0 Å². The first-order chi connectivity index (χ1) is 11.4. The Labute approximate surface area is 149 Å². The van der Waals surface area contributed by atoms with Gasteiger partial charge in [0.05, 0.1) is 6.10 Å². The van der Waals surface area contributed by atoms with Crippen molar-refractivity contribution in [2.75, 3.05) is 11.9 Å². The van der Waals surface area contributed by atoms with Crippen molar-refractivity contribution in [1.29, 1.82) is 0 Å². The van der Waals surface area contributed by atoms with E-state index in [-0.39, 0.29) is 18.4 Å². The van der Waals surface area contributed by atoms with E-state index in [0.29, 0.717) is 16.8 Å². The molecule has 0 saturated heterocycles. The molecule has 0 aliphatic heterocycles.